The lowest BCUT2D eigenvalue weighted by molar-refractivity contribution is 0.422. The molecule has 6 nitrogen and oxygen atoms in total. The molecule has 6 heteroatoms. The van der Waals surface area contributed by atoms with Crippen LogP contribution in [0.15, 0.2) is 49.2 Å². The third kappa shape index (κ3) is 4.04. The van der Waals surface area contributed by atoms with Crippen molar-refractivity contribution < 1.29 is 0 Å². The first-order valence-electron chi connectivity index (χ1n) is 7.83. The summed E-state index contributed by atoms with van der Waals surface area (Å²) in [6.45, 7) is 4.88. The van der Waals surface area contributed by atoms with Crippen molar-refractivity contribution in [2.24, 2.45) is 13.0 Å². The van der Waals surface area contributed by atoms with E-state index >= 15 is 0 Å². The van der Waals surface area contributed by atoms with Gasteiger partial charge in [0, 0.05) is 62.2 Å². The number of hydrogen-bond donors (Lipinski definition) is 1. The van der Waals surface area contributed by atoms with E-state index in [1.54, 1.807) is 12.4 Å². The van der Waals surface area contributed by atoms with Crippen LogP contribution in [0.2, 0.25) is 0 Å². The molecule has 0 aliphatic carbocycles. The highest BCUT2D eigenvalue weighted by atomic mass is 15.3. The van der Waals surface area contributed by atoms with Gasteiger partial charge in [0.05, 0.1) is 5.69 Å². The number of aryl methyl sites for hydroxylation is 1. The maximum Gasteiger partial charge on any atom is 0.0969 e. The van der Waals surface area contributed by atoms with E-state index in [9.17, 15) is 0 Å². The Morgan fingerprint density at radius 2 is 2.04 bits per heavy atom. The lowest BCUT2D eigenvalue weighted by atomic mass is 10.1. The van der Waals surface area contributed by atoms with Crippen molar-refractivity contribution >= 4 is 0 Å². The quantitative estimate of drug-likeness (QED) is 0.726. The van der Waals surface area contributed by atoms with E-state index in [-0.39, 0.29) is 0 Å². The topological polar surface area (TPSA) is 60.6 Å². The third-order valence-corrected chi connectivity index (χ3v) is 3.72. The molecule has 3 aromatic heterocycles. The van der Waals surface area contributed by atoms with Crippen molar-refractivity contribution in [3.8, 4) is 11.3 Å². The Labute approximate surface area is 136 Å². The lowest BCUT2D eigenvalue weighted by Crippen LogP contribution is -2.24. The smallest absolute Gasteiger partial charge is 0.0969 e. The summed E-state index contributed by atoms with van der Waals surface area (Å²) in [6.07, 6.45) is 9.48. The summed E-state index contributed by atoms with van der Waals surface area (Å²) in [5.41, 5.74) is 3.31. The zero-order valence-electron chi connectivity index (χ0n) is 13.6. The second-order valence-electron chi connectivity index (χ2n) is 5.88. The molecule has 3 heterocycles. The Morgan fingerprint density at radius 3 is 2.78 bits per heavy atom. The molecule has 0 fully saturated rings. The van der Waals surface area contributed by atoms with E-state index in [0.717, 1.165) is 30.9 Å². The molecule has 0 radical (unpaired) electrons. The first kappa shape index (κ1) is 15.4. The van der Waals surface area contributed by atoms with Gasteiger partial charge in [-0.1, -0.05) is 6.92 Å². The highest BCUT2D eigenvalue weighted by Gasteiger charge is 2.10. The van der Waals surface area contributed by atoms with Gasteiger partial charge < -0.3 is 5.32 Å². The summed E-state index contributed by atoms with van der Waals surface area (Å²) in [4.78, 5) is 4.07. The van der Waals surface area contributed by atoms with Gasteiger partial charge in [-0.25, -0.2) is 0 Å². The molecule has 23 heavy (non-hydrogen) atoms. The summed E-state index contributed by atoms with van der Waals surface area (Å²) < 4.78 is 3.83. The molecule has 3 rings (SSSR count). The molecular weight excluding hydrogens is 288 g/mol. The molecule has 0 spiro atoms. The first-order valence-corrected chi connectivity index (χ1v) is 7.83. The van der Waals surface area contributed by atoms with E-state index in [1.165, 1.54) is 5.56 Å². The number of nitrogens with zero attached hydrogens (tertiary/aromatic N) is 5. The predicted molar refractivity (Wildman–Crippen MR) is 89.5 cm³/mol. The van der Waals surface area contributed by atoms with Crippen LogP contribution in [0.25, 0.3) is 11.3 Å². The van der Waals surface area contributed by atoms with Gasteiger partial charge in [-0.15, -0.1) is 0 Å². The van der Waals surface area contributed by atoms with Crippen LogP contribution < -0.4 is 5.32 Å². The zero-order valence-corrected chi connectivity index (χ0v) is 13.6. The predicted octanol–water partition coefficient (Wildman–Crippen LogP) is 2.10. The summed E-state index contributed by atoms with van der Waals surface area (Å²) in [5, 5.41) is 12.4. The van der Waals surface area contributed by atoms with E-state index in [1.807, 2.05) is 47.0 Å². The lowest BCUT2D eigenvalue weighted by Gasteiger charge is -2.12. The minimum absolute atomic E-state index is 0.510. The highest BCUT2D eigenvalue weighted by Crippen LogP contribution is 2.20. The Kier molecular flexibility index (Phi) is 4.83. The Morgan fingerprint density at radius 1 is 1.22 bits per heavy atom. The molecule has 0 aliphatic rings. The molecule has 1 N–H and O–H groups in total. The van der Waals surface area contributed by atoms with Gasteiger partial charge in [0.1, 0.15) is 0 Å². The molecule has 1 unspecified atom stereocenters. The van der Waals surface area contributed by atoms with Crippen LogP contribution >= 0.6 is 0 Å². The number of aromatic nitrogens is 5. The van der Waals surface area contributed by atoms with Crippen LogP contribution in [-0.4, -0.2) is 31.1 Å². The van der Waals surface area contributed by atoms with Crippen molar-refractivity contribution in [3.05, 3.63) is 54.7 Å². The fraction of sp³-hybridized carbons (Fsp3) is 0.353. The molecular formula is C17H22N6. The summed E-state index contributed by atoms with van der Waals surface area (Å²) in [5.74, 6) is 0.510. The van der Waals surface area contributed by atoms with Crippen LogP contribution in [-0.2, 0) is 20.1 Å². The monoisotopic (exact) mass is 310 g/mol. The first-order chi connectivity index (χ1) is 11.2. The zero-order chi connectivity index (χ0) is 16.1. The molecule has 0 saturated carbocycles. The van der Waals surface area contributed by atoms with E-state index < -0.39 is 0 Å². The fourth-order valence-corrected chi connectivity index (χ4v) is 2.67. The summed E-state index contributed by atoms with van der Waals surface area (Å²) in [6, 6.07) is 5.94. The van der Waals surface area contributed by atoms with E-state index in [0.29, 0.717) is 5.92 Å². The molecule has 3 aromatic rings. The van der Waals surface area contributed by atoms with Crippen LogP contribution in [0.3, 0.4) is 0 Å². The summed E-state index contributed by atoms with van der Waals surface area (Å²) >= 11 is 0. The second-order valence-corrected chi connectivity index (χ2v) is 5.88. The maximum absolute atomic E-state index is 4.57. The molecule has 0 bridgehead atoms. The fourth-order valence-electron chi connectivity index (χ4n) is 2.67. The summed E-state index contributed by atoms with van der Waals surface area (Å²) in [7, 11) is 1.95. The average molecular weight is 310 g/mol. The number of pyridine rings is 1. The van der Waals surface area contributed by atoms with Crippen molar-refractivity contribution in [1.29, 1.82) is 0 Å². The van der Waals surface area contributed by atoms with Crippen molar-refractivity contribution in [2.75, 3.05) is 6.54 Å². The van der Waals surface area contributed by atoms with Crippen LogP contribution in [0.5, 0.6) is 0 Å². The minimum Gasteiger partial charge on any atom is -0.312 e. The van der Waals surface area contributed by atoms with Gasteiger partial charge in [0.2, 0.25) is 0 Å². The highest BCUT2D eigenvalue weighted by molar-refractivity contribution is 5.61. The van der Waals surface area contributed by atoms with Gasteiger partial charge >= 0.3 is 0 Å². The Balaban J connectivity index is 1.58. The van der Waals surface area contributed by atoms with Crippen LogP contribution in [0, 0.1) is 5.92 Å². The van der Waals surface area contributed by atoms with Crippen molar-refractivity contribution in [3.63, 3.8) is 0 Å². The Hall–Kier alpha value is -2.47. The van der Waals surface area contributed by atoms with Crippen molar-refractivity contribution in [2.45, 2.75) is 20.0 Å². The number of nitrogens with one attached hydrogen (secondary N) is 1. The third-order valence-electron chi connectivity index (χ3n) is 3.72. The van der Waals surface area contributed by atoms with Gasteiger partial charge in [0.25, 0.3) is 0 Å². The van der Waals surface area contributed by atoms with Crippen LogP contribution in [0.1, 0.15) is 12.5 Å². The van der Waals surface area contributed by atoms with E-state index in [4.69, 9.17) is 0 Å². The molecule has 0 saturated heterocycles. The van der Waals surface area contributed by atoms with Gasteiger partial charge in [-0.3, -0.25) is 14.3 Å². The number of rotatable bonds is 7. The molecule has 0 aliphatic heterocycles. The van der Waals surface area contributed by atoms with Crippen molar-refractivity contribution in [1.82, 2.24) is 29.9 Å². The van der Waals surface area contributed by atoms with E-state index in [2.05, 4.69) is 33.6 Å². The van der Waals surface area contributed by atoms with Crippen LogP contribution in [0.4, 0.5) is 0 Å². The molecule has 120 valence electrons. The van der Waals surface area contributed by atoms with Gasteiger partial charge in [-0.05, 0) is 30.7 Å². The second kappa shape index (κ2) is 7.19. The maximum atomic E-state index is 4.57. The average Bonchev–Trinajstić information content (AvgIpc) is 3.18. The standard InChI is InChI=1S/C17H22N6/c1-14(12-23-9-3-6-20-23)10-19-11-16-13-22(2)21-17(16)15-4-7-18-8-5-15/h3-9,13-14,19H,10-12H2,1-2H3. The largest absolute Gasteiger partial charge is 0.312 e. The SMILES string of the molecule is CC(CNCc1cn(C)nc1-c1ccncc1)Cn1cccn1. The molecule has 1 atom stereocenters. The van der Waals surface area contributed by atoms with Gasteiger partial charge in [-0.2, -0.15) is 10.2 Å². The Bertz CT molecular complexity index is 717. The minimum atomic E-state index is 0.510. The van der Waals surface area contributed by atoms with Gasteiger partial charge in [0.15, 0.2) is 0 Å². The normalized spacial score (nSPS) is 12.4. The molecule has 0 amide bonds. The molecule has 0 aromatic carbocycles. The number of hydrogen-bond acceptors (Lipinski definition) is 4.